The lowest BCUT2D eigenvalue weighted by Gasteiger charge is -2.46. The first kappa shape index (κ1) is 23.4. The number of carbonyl (C=O) groups excluding carboxylic acids is 2. The van der Waals surface area contributed by atoms with Crippen LogP contribution in [-0.4, -0.2) is 53.7 Å². The molecular formula is C28H32N2O5. The number of fused-ring (bicyclic) bond motifs is 3. The molecular weight excluding hydrogens is 444 g/mol. The number of aliphatic carboxylic acids is 1. The molecule has 3 atom stereocenters. The van der Waals surface area contributed by atoms with E-state index in [1.54, 1.807) is 11.8 Å². The summed E-state index contributed by atoms with van der Waals surface area (Å²) in [6, 6.07) is 16.1. The Balaban J connectivity index is 1.20. The van der Waals surface area contributed by atoms with Crippen LogP contribution in [0.25, 0.3) is 11.1 Å². The van der Waals surface area contributed by atoms with Crippen molar-refractivity contribution in [3.8, 4) is 11.1 Å². The van der Waals surface area contributed by atoms with Crippen LogP contribution in [0.15, 0.2) is 48.5 Å². The van der Waals surface area contributed by atoms with Gasteiger partial charge in [-0.25, -0.2) is 4.79 Å². The van der Waals surface area contributed by atoms with Crippen molar-refractivity contribution in [3.05, 3.63) is 59.7 Å². The molecule has 2 aromatic rings. The molecule has 3 aliphatic rings. The molecule has 0 bridgehead atoms. The standard InChI is InChI=1S/C28H32N2O5/c1-17(25(31)32)18-14-30(15-18)26(33)28(2)13-7-12-24(28)29-27(34)35-16-23-21-10-5-3-8-19(21)20-9-4-6-11-22(20)23/h3-6,8-11,17-18,23-24H,7,12-16H2,1-2H3,(H,29,34)(H,31,32). The Labute approximate surface area is 205 Å². The summed E-state index contributed by atoms with van der Waals surface area (Å²) in [6.45, 7) is 4.75. The Hall–Kier alpha value is -3.35. The summed E-state index contributed by atoms with van der Waals surface area (Å²) in [5, 5.41) is 12.2. The molecule has 1 heterocycles. The van der Waals surface area contributed by atoms with Crippen LogP contribution in [0.5, 0.6) is 0 Å². The highest BCUT2D eigenvalue weighted by Gasteiger charge is 2.50. The van der Waals surface area contributed by atoms with E-state index in [9.17, 15) is 19.5 Å². The third kappa shape index (κ3) is 4.07. The van der Waals surface area contributed by atoms with Crippen LogP contribution in [0.4, 0.5) is 4.79 Å². The van der Waals surface area contributed by atoms with Crippen LogP contribution in [0.2, 0.25) is 0 Å². The summed E-state index contributed by atoms with van der Waals surface area (Å²) >= 11 is 0. The van der Waals surface area contributed by atoms with E-state index in [0.29, 0.717) is 19.5 Å². The Morgan fingerprint density at radius 2 is 1.69 bits per heavy atom. The third-order valence-corrected chi connectivity index (χ3v) is 8.38. The van der Waals surface area contributed by atoms with Gasteiger partial charge in [-0.05, 0) is 42.0 Å². The molecule has 2 aromatic carbocycles. The van der Waals surface area contributed by atoms with Crippen molar-refractivity contribution in [1.82, 2.24) is 10.2 Å². The van der Waals surface area contributed by atoms with E-state index in [1.807, 2.05) is 31.2 Å². The molecule has 5 rings (SSSR count). The zero-order valence-electron chi connectivity index (χ0n) is 20.2. The number of hydrogen-bond acceptors (Lipinski definition) is 4. The summed E-state index contributed by atoms with van der Waals surface area (Å²) in [7, 11) is 0. The number of nitrogens with one attached hydrogen (secondary N) is 1. The minimum atomic E-state index is -0.830. The second kappa shape index (κ2) is 9.02. The highest BCUT2D eigenvalue weighted by molar-refractivity contribution is 5.85. The van der Waals surface area contributed by atoms with Crippen LogP contribution in [0.1, 0.15) is 50.2 Å². The van der Waals surface area contributed by atoms with E-state index in [1.165, 1.54) is 11.1 Å². The number of amides is 2. The van der Waals surface area contributed by atoms with Crippen molar-refractivity contribution < 1.29 is 24.2 Å². The van der Waals surface area contributed by atoms with Crippen molar-refractivity contribution in [3.63, 3.8) is 0 Å². The Morgan fingerprint density at radius 1 is 1.09 bits per heavy atom. The normalized spacial score (nSPS) is 24.3. The lowest BCUT2D eigenvalue weighted by atomic mass is 9.79. The van der Waals surface area contributed by atoms with E-state index in [0.717, 1.165) is 24.0 Å². The van der Waals surface area contributed by atoms with Gasteiger partial charge >= 0.3 is 12.1 Å². The van der Waals surface area contributed by atoms with Gasteiger partial charge < -0.3 is 20.1 Å². The maximum Gasteiger partial charge on any atom is 0.407 e. The molecule has 0 spiro atoms. The minimum absolute atomic E-state index is 0.00668. The summed E-state index contributed by atoms with van der Waals surface area (Å²) in [6.07, 6.45) is 1.75. The molecule has 7 heteroatoms. The van der Waals surface area contributed by atoms with E-state index in [2.05, 4.69) is 29.6 Å². The van der Waals surface area contributed by atoms with Gasteiger partial charge in [0.15, 0.2) is 0 Å². The predicted octanol–water partition coefficient (Wildman–Crippen LogP) is 4.26. The zero-order chi connectivity index (χ0) is 24.7. The molecule has 2 aliphatic carbocycles. The Morgan fingerprint density at radius 3 is 2.29 bits per heavy atom. The van der Waals surface area contributed by atoms with Gasteiger partial charge in [0.2, 0.25) is 5.91 Å². The van der Waals surface area contributed by atoms with Crippen molar-refractivity contribution in [2.75, 3.05) is 19.7 Å². The minimum Gasteiger partial charge on any atom is -0.481 e. The number of rotatable bonds is 6. The van der Waals surface area contributed by atoms with Crippen LogP contribution < -0.4 is 5.32 Å². The van der Waals surface area contributed by atoms with Gasteiger partial charge in [0.1, 0.15) is 6.61 Å². The number of carbonyl (C=O) groups is 3. The topological polar surface area (TPSA) is 95.9 Å². The number of carboxylic acid groups (broad SMARTS) is 1. The summed E-state index contributed by atoms with van der Waals surface area (Å²) in [4.78, 5) is 39.1. The van der Waals surface area contributed by atoms with Gasteiger partial charge in [0.25, 0.3) is 0 Å². The molecule has 35 heavy (non-hydrogen) atoms. The molecule has 184 valence electrons. The lowest BCUT2D eigenvalue weighted by molar-refractivity contribution is -0.156. The molecule has 2 fully saturated rings. The van der Waals surface area contributed by atoms with Crippen LogP contribution in [0, 0.1) is 17.3 Å². The Kier molecular flexibility index (Phi) is 6.03. The average Bonchev–Trinajstić information content (AvgIpc) is 3.35. The number of likely N-dealkylation sites (tertiary alicyclic amines) is 1. The highest BCUT2D eigenvalue weighted by atomic mass is 16.5. The molecule has 1 saturated carbocycles. The van der Waals surface area contributed by atoms with Gasteiger partial charge in [-0.3, -0.25) is 9.59 Å². The van der Waals surface area contributed by atoms with Crippen LogP contribution in [0.3, 0.4) is 0 Å². The van der Waals surface area contributed by atoms with Crippen molar-refractivity contribution in [1.29, 1.82) is 0 Å². The number of carboxylic acids is 1. The first-order valence-electron chi connectivity index (χ1n) is 12.4. The zero-order valence-corrected chi connectivity index (χ0v) is 20.2. The van der Waals surface area contributed by atoms with Crippen LogP contribution in [-0.2, 0) is 14.3 Å². The SMILES string of the molecule is CC(C(=O)O)C1CN(C(=O)C2(C)CCCC2NC(=O)OCC2c3ccccc3-c3ccccc32)C1. The molecule has 0 radical (unpaired) electrons. The summed E-state index contributed by atoms with van der Waals surface area (Å²) in [5.41, 5.74) is 3.96. The first-order chi connectivity index (χ1) is 16.8. The van der Waals surface area contributed by atoms with E-state index >= 15 is 0 Å². The molecule has 1 saturated heterocycles. The van der Waals surface area contributed by atoms with Crippen molar-refractivity contribution in [2.45, 2.75) is 45.1 Å². The van der Waals surface area contributed by atoms with E-state index < -0.39 is 23.4 Å². The van der Waals surface area contributed by atoms with E-state index in [4.69, 9.17) is 4.74 Å². The molecule has 2 amide bonds. The maximum atomic E-state index is 13.3. The Bertz CT molecular complexity index is 1110. The molecule has 3 unspecified atom stereocenters. The van der Waals surface area contributed by atoms with Gasteiger partial charge in [0, 0.05) is 31.0 Å². The lowest BCUT2D eigenvalue weighted by Crippen LogP contribution is -2.60. The monoisotopic (exact) mass is 476 g/mol. The number of benzene rings is 2. The largest absolute Gasteiger partial charge is 0.481 e. The fraction of sp³-hybridized carbons (Fsp3) is 0.464. The van der Waals surface area contributed by atoms with Gasteiger partial charge in [-0.1, -0.05) is 61.9 Å². The number of alkyl carbamates (subject to hydrolysis) is 1. The first-order valence-corrected chi connectivity index (χ1v) is 12.4. The smallest absolute Gasteiger partial charge is 0.407 e. The summed E-state index contributed by atoms with van der Waals surface area (Å²) in [5.74, 6) is -1.34. The maximum absolute atomic E-state index is 13.3. The van der Waals surface area contributed by atoms with Crippen molar-refractivity contribution >= 4 is 18.0 Å². The van der Waals surface area contributed by atoms with Gasteiger partial charge in [-0.2, -0.15) is 0 Å². The molecule has 2 N–H and O–H groups in total. The second-order valence-electron chi connectivity index (χ2n) is 10.4. The third-order valence-electron chi connectivity index (χ3n) is 8.38. The quantitative estimate of drug-likeness (QED) is 0.649. The molecule has 1 aliphatic heterocycles. The van der Waals surface area contributed by atoms with Crippen molar-refractivity contribution in [2.24, 2.45) is 17.3 Å². The predicted molar refractivity (Wildman–Crippen MR) is 131 cm³/mol. The molecule has 0 aromatic heterocycles. The second-order valence-corrected chi connectivity index (χ2v) is 10.4. The highest BCUT2D eigenvalue weighted by Crippen LogP contribution is 2.45. The summed E-state index contributed by atoms with van der Waals surface area (Å²) < 4.78 is 5.71. The molecule has 7 nitrogen and oxygen atoms in total. The van der Waals surface area contributed by atoms with E-state index in [-0.39, 0.29) is 30.4 Å². The average molecular weight is 477 g/mol. The number of hydrogen-bond donors (Lipinski definition) is 2. The van der Waals surface area contributed by atoms with Crippen LogP contribution >= 0.6 is 0 Å². The fourth-order valence-electron chi connectivity index (χ4n) is 5.99. The van der Waals surface area contributed by atoms with Gasteiger partial charge in [0.05, 0.1) is 11.3 Å². The van der Waals surface area contributed by atoms with Gasteiger partial charge in [-0.15, -0.1) is 0 Å². The number of nitrogens with zero attached hydrogens (tertiary/aromatic N) is 1. The number of ether oxygens (including phenoxy) is 1. The fourth-order valence-corrected chi connectivity index (χ4v) is 5.99.